The summed E-state index contributed by atoms with van der Waals surface area (Å²) < 4.78 is 2.19. The Morgan fingerprint density at radius 1 is 1.29 bits per heavy atom. The lowest BCUT2D eigenvalue weighted by Gasteiger charge is -2.07. The molecular weight excluding hydrogens is 310 g/mol. The number of nitrogens with zero attached hydrogens (tertiary/aromatic N) is 6. The highest BCUT2D eigenvalue weighted by Gasteiger charge is 2.12. The fourth-order valence-corrected chi connectivity index (χ4v) is 2.62. The maximum absolute atomic E-state index is 5.98. The highest BCUT2D eigenvalue weighted by Crippen LogP contribution is 2.29. The van der Waals surface area contributed by atoms with Gasteiger partial charge in [0.1, 0.15) is 12.7 Å². The summed E-state index contributed by atoms with van der Waals surface area (Å²) in [5.74, 6) is 1.49. The van der Waals surface area contributed by atoms with E-state index in [0.29, 0.717) is 22.1 Å². The van der Waals surface area contributed by atoms with Gasteiger partial charge in [0.15, 0.2) is 5.82 Å². The predicted octanol–water partition coefficient (Wildman–Crippen LogP) is 2.66. The van der Waals surface area contributed by atoms with Gasteiger partial charge < -0.3 is 5.32 Å². The van der Waals surface area contributed by atoms with Crippen LogP contribution >= 0.6 is 22.9 Å². The molecule has 0 atom stereocenters. The van der Waals surface area contributed by atoms with E-state index >= 15 is 0 Å². The molecule has 0 fully saturated rings. The lowest BCUT2D eigenvalue weighted by Crippen LogP contribution is -2.10. The normalized spacial score (nSPS) is 10.8. The summed E-state index contributed by atoms with van der Waals surface area (Å²) in [6, 6.07) is 3.71. The van der Waals surface area contributed by atoms with E-state index in [-0.39, 0.29) is 0 Å². The third kappa shape index (κ3) is 3.17. The van der Waals surface area contributed by atoms with Crippen molar-refractivity contribution in [2.75, 3.05) is 11.9 Å². The van der Waals surface area contributed by atoms with Crippen LogP contribution in [0.25, 0.3) is 16.6 Å². The maximum Gasteiger partial charge on any atom is 0.257 e. The van der Waals surface area contributed by atoms with Crippen LogP contribution in [0.3, 0.4) is 0 Å². The first-order valence-corrected chi connectivity index (χ1v) is 7.56. The SMILES string of the molecule is CCCNc1nc(-c2ccc(Cl)s2)nc(-n2cncn2)n1. The number of rotatable bonds is 5. The highest BCUT2D eigenvalue weighted by molar-refractivity contribution is 7.19. The summed E-state index contributed by atoms with van der Waals surface area (Å²) in [4.78, 5) is 18.0. The van der Waals surface area contributed by atoms with Crippen LogP contribution in [0.1, 0.15) is 13.3 Å². The maximum atomic E-state index is 5.98. The molecule has 108 valence electrons. The zero-order valence-corrected chi connectivity index (χ0v) is 12.8. The third-order valence-corrected chi connectivity index (χ3v) is 3.80. The topological polar surface area (TPSA) is 81.4 Å². The number of aromatic nitrogens is 6. The number of halogens is 1. The molecule has 0 saturated carbocycles. The van der Waals surface area contributed by atoms with E-state index in [1.165, 1.54) is 22.3 Å². The highest BCUT2D eigenvalue weighted by atomic mass is 35.5. The molecule has 3 aromatic rings. The zero-order valence-electron chi connectivity index (χ0n) is 11.2. The molecule has 0 radical (unpaired) electrons. The first-order valence-electron chi connectivity index (χ1n) is 6.37. The fourth-order valence-electron chi connectivity index (χ4n) is 1.64. The summed E-state index contributed by atoms with van der Waals surface area (Å²) in [5, 5.41) is 7.21. The lowest BCUT2D eigenvalue weighted by atomic mass is 10.4. The van der Waals surface area contributed by atoms with Gasteiger partial charge in [-0.05, 0) is 18.6 Å². The molecule has 1 N–H and O–H groups in total. The molecule has 3 rings (SSSR count). The summed E-state index contributed by atoms with van der Waals surface area (Å²) >= 11 is 7.40. The fraction of sp³-hybridized carbons (Fsp3) is 0.250. The molecule has 3 aromatic heterocycles. The molecule has 3 heterocycles. The molecule has 0 saturated heterocycles. The van der Waals surface area contributed by atoms with Crippen molar-refractivity contribution in [3.8, 4) is 16.6 Å². The van der Waals surface area contributed by atoms with Crippen molar-refractivity contribution in [3.63, 3.8) is 0 Å². The first-order chi connectivity index (χ1) is 10.3. The van der Waals surface area contributed by atoms with Gasteiger partial charge in [0.05, 0.1) is 9.21 Å². The van der Waals surface area contributed by atoms with Crippen LogP contribution in [0.4, 0.5) is 5.95 Å². The second-order valence-corrected chi connectivity index (χ2v) is 5.87. The van der Waals surface area contributed by atoms with Gasteiger partial charge in [0.2, 0.25) is 5.95 Å². The Balaban J connectivity index is 2.04. The molecular formula is C12H12ClN7S. The molecule has 0 aliphatic rings. The molecule has 0 spiro atoms. The van der Waals surface area contributed by atoms with E-state index in [1.54, 1.807) is 6.33 Å². The molecule has 0 unspecified atom stereocenters. The van der Waals surface area contributed by atoms with E-state index in [4.69, 9.17) is 11.6 Å². The van der Waals surface area contributed by atoms with Gasteiger partial charge in [-0.15, -0.1) is 11.3 Å². The Kier molecular flexibility index (Phi) is 4.07. The minimum Gasteiger partial charge on any atom is -0.354 e. The van der Waals surface area contributed by atoms with Crippen LogP contribution in [0.15, 0.2) is 24.8 Å². The molecule has 21 heavy (non-hydrogen) atoms. The third-order valence-electron chi connectivity index (χ3n) is 2.57. The number of hydrogen-bond acceptors (Lipinski definition) is 7. The molecule has 0 amide bonds. The predicted molar refractivity (Wildman–Crippen MR) is 81.8 cm³/mol. The Hall–Kier alpha value is -2.06. The van der Waals surface area contributed by atoms with Crippen LogP contribution in [0.2, 0.25) is 4.34 Å². The first kappa shape index (κ1) is 13.9. The molecule has 0 aliphatic heterocycles. The summed E-state index contributed by atoms with van der Waals surface area (Å²) in [6.45, 7) is 2.86. The molecule has 0 bridgehead atoms. The van der Waals surface area contributed by atoms with Gasteiger partial charge in [-0.1, -0.05) is 18.5 Å². The molecule has 0 aliphatic carbocycles. The number of hydrogen-bond donors (Lipinski definition) is 1. The van der Waals surface area contributed by atoms with E-state index in [9.17, 15) is 0 Å². The Labute approximate surface area is 130 Å². The van der Waals surface area contributed by atoms with Crippen LogP contribution in [0, 0.1) is 0 Å². The van der Waals surface area contributed by atoms with Crippen LogP contribution in [-0.4, -0.2) is 36.3 Å². The van der Waals surface area contributed by atoms with E-state index in [1.807, 2.05) is 12.1 Å². The minimum absolute atomic E-state index is 0.417. The van der Waals surface area contributed by atoms with Gasteiger partial charge in [-0.2, -0.15) is 24.7 Å². The average Bonchev–Trinajstić information content (AvgIpc) is 3.16. The van der Waals surface area contributed by atoms with Crippen molar-refractivity contribution in [2.45, 2.75) is 13.3 Å². The smallest absolute Gasteiger partial charge is 0.257 e. The van der Waals surface area contributed by atoms with Crippen LogP contribution in [0.5, 0.6) is 0 Å². The summed E-state index contributed by atoms with van der Waals surface area (Å²) in [7, 11) is 0. The lowest BCUT2D eigenvalue weighted by molar-refractivity contribution is 0.795. The van der Waals surface area contributed by atoms with E-state index < -0.39 is 0 Å². The Bertz CT molecular complexity index is 725. The largest absolute Gasteiger partial charge is 0.354 e. The monoisotopic (exact) mass is 321 g/mol. The van der Waals surface area contributed by atoms with Crippen molar-refractivity contribution in [2.24, 2.45) is 0 Å². The molecule has 0 aromatic carbocycles. The summed E-state index contributed by atoms with van der Waals surface area (Å²) in [6.07, 6.45) is 3.96. The zero-order chi connectivity index (χ0) is 14.7. The van der Waals surface area contributed by atoms with Gasteiger partial charge in [-0.25, -0.2) is 4.98 Å². The van der Waals surface area contributed by atoms with Crippen molar-refractivity contribution in [3.05, 3.63) is 29.1 Å². The van der Waals surface area contributed by atoms with E-state index in [2.05, 4.69) is 37.3 Å². The van der Waals surface area contributed by atoms with Crippen LogP contribution < -0.4 is 5.32 Å². The van der Waals surface area contributed by atoms with E-state index in [0.717, 1.165) is 17.8 Å². The average molecular weight is 322 g/mol. The van der Waals surface area contributed by atoms with Crippen molar-refractivity contribution in [1.82, 2.24) is 29.7 Å². The standard InChI is InChI=1S/C12H12ClN7S/c1-2-5-15-11-17-10(8-3-4-9(13)21-8)18-12(19-11)20-7-14-6-16-20/h3-4,6-7H,2,5H2,1H3,(H,15,17,18,19). The van der Waals surface area contributed by atoms with Gasteiger partial charge in [-0.3, -0.25) is 0 Å². The number of thiophene rings is 1. The summed E-state index contributed by atoms with van der Waals surface area (Å²) in [5.41, 5.74) is 0. The molecule has 7 nitrogen and oxygen atoms in total. The quantitative estimate of drug-likeness (QED) is 0.778. The second kappa shape index (κ2) is 6.15. The molecule has 9 heteroatoms. The van der Waals surface area contributed by atoms with Gasteiger partial charge in [0, 0.05) is 6.54 Å². The van der Waals surface area contributed by atoms with Crippen molar-refractivity contribution in [1.29, 1.82) is 0 Å². The Morgan fingerprint density at radius 3 is 2.86 bits per heavy atom. The number of anilines is 1. The van der Waals surface area contributed by atoms with Gasteiger partial charge in [0.25, 0.3) is 5.95 Å². The van der Waals surface area contributed by atoms with Crippen molar-refractivity contribution >= 4 is 28.9 Å². The second-order valence-electron chi connectivity index (χ2n) is 4.15. The van der Waals surface area contributed by atoms with Crippen LogP contribution in [-0.2, 0) is 0 Å². The van der Waals surface area contributed by atoms with Crippen molar-refractivity contribution < 1.29 is 0 Å². The number of nitrogens with one attached hydrogen (secondary N) is 1. The minimum atomic E-state index is 0.417. The Morgan fingerprint density at radius 2 is 2.19 bits per heavy atom. The van der Waals surface area contributed by atoms with Gasteiger partial charge >= 0.3 is 0 Å².